The van der Waals surface area contributed by atoms with E-state index in [4.69, 9.17) is 0 Å². The maximum Gasteiger partial charge on any atom is 0.0794 e. The second-order valence-corrected chi connectivity index (χ2v) is 4.82. The van der Waals surface area contributed by atoms with Gasteiger partial charge in [0, 0.05) is 12.1 Å². The predicted octanol–water partition coefficient (Wildman–Crippen LogP) is 2.08. The van der Waals surface area contributed by atoms with E-state index in [0.29, 0.717) is 5.54 Å². The Balaban J connectivity index is 2.07. The molecular formula is C10H20N2. The highest BCUT2D eigenvalue weighted by atomic mass is 15.8. The van der Waals surface area contributed by atoms with Gasteiger partial charge in [-0.05, 0) is 32.6 Å². The van der Waals surface area contributed by atoms with Crippen molar-refractivity contribution >= 4 is 0 Å². The highest BCUT2D eigenvalue weighted by Crippen LogP contribution is 2.37. The smallest absolute Gasteiger partial charge is 0.0794 e. The summed E-state index contributed by atoms with van der Waals surface area (Å²) in [5.74, 6) is 0.836. The predicted molar refractivity (Wildman–Crippen MR) is 50.5 cm³/mol. The topological polar surface area (TPSA) is 6.02 Å². The lowest BCUT2D eigenvalue weighted by Crippen LogP contribution is -2.41. The van der Waals surface area contributed by atoms with Gasteiger partial charge in [0.2, 0.25) is 0 Å². The summed E-state index contributed by atoms with van der Waals surface area (Å²) in [6.45, 7) is 9.64. The number of rotatable bonds is 0. The summed E-state index contributed by atoms with van der Waals surface area (Å²) < 4.78 is 0. The van der Waals surface area contributed by atoms with Gasteiger partial charge in [-0.15, -0.1) is 0 Å². The van der Waals surface area contributed by atoms with Crippen molar-refractivity contribution in [3.05, 3.63) is 0 Å². The minimum atomic E-state index is 0.403. The van der Waals surface area contributed by atoms with Crippen LogP contribution in [0.15, 0.2) is 0 Å². The molecule has 0 saturated carbocycles. The number of fused-ring (bicyclic) bond motifs is 1. The molecule has 2 heterocycles. The summed E-state index contributed by atoms with van der Waals surface area (Å²) in [7, 11) is 0. The average molecular weight is 168 g/mol. The van der Waals surface area contributed by atoms with E-state index < -0.39 is 0 Å². The Hall–Kier alpha value is -0.0800. The minimum Gasteiger partial charge on any atom is -0.224 e. The van der Waals surface area contributed by atoms with Crippen molar-refractivity contribution in [1.29, 1.82) is 0 Å². The molecule has 2 nitrogen and oxygen atoms in total. The fourth-order valence-electron chi connectivity index (χ4n) is 2.22. The first-order valence-electron chi connectivity index (χ1n) is 5.15. The SMILES string of the molecule is CC1CCCCN2CN2C1(C)C. The van der Waals surface area contributed by atoms with Crippen LogP contribution >= 0.6 is 0 Å². The first-order chi connectivity index (χ1) is 5.62. The lowest BCUT2D eigenvalue weighted by atomic mass is 9.85. The lowest BCUT2D eigenvalue weighted by Gasteiger charge is -2.35. The molecule has 2 aliphatic rings. The van der Waals surface area contributed by atoms with E-state index in [1.54, 1.807) is 0 Å². The molecule has 0 radical (unpaired) electrons. The largest absolute Gasteiger partial charge is 0.224 e. The van der Waals surface area contributed by atoms with Crippen LogP contribution in [0.5, 0.6) is 0 Å². The molecular weight excluding hydrogens is 148 g/mol. The van der Waals surface area contributed by atoms with Crippen molar-refractivity contribution < 1.29 is 0 Å². The van der Waals surface area contributed by atoms with Gasteiger partial charge in [0.25, 0.3) is 0 Å². The quantitative estimate of drug-likeness (QED) is 0.511. The molecule has 0 amide bonds. The summed E-state index contributed by atoms with van der Waals surface area (Å²) in [6.07, 6.45) is 4.20. The molecule has 0 aromatic carbocycles. The van der Waals surface area contributed by atoms with Crippen LogP contribution in [0.1, 0.15) is 40.0 Å². The Morgan fingerprint density at radius 3 is 2.75 bits per heavy atom. The van der Waals surface area contributed by atoms with Gasteiger partial charge in [-0.2, -0.15) is 0 Å². The zero-order valence-electron chi connectivity index (χ0n) is 8.51. The maximum absolute atomic E-state index is 2.52. The summed E-state index contributed by atoms with van der Waals surface area (Å²) in [4.78, 5) is 0. The first-order valence-corrected chi connectivity index (χ1v) is 5.15. The van der Waals surface area contributed by atoms with E-state index in [2.05, 4.69) is 30.8 Å². The number of nitrogens with zero attached hydrogens (tertiary/aromatic N) is 2. The van der Waals surface area contributed by atoms with Gasteiger partial charge in [0.05, 0.1) is 6.67 Å². The second kappa shape index (κ2) is 2.71. The van der Waals surface area contributed by atoms with E-state index in [0.717, 1.165) is 5.92 Å². The molecule has 70 valence electrons. The van der Waals surface area contributed by atoms with Crippen molar-refractivity contribution in [3.8, 4) is 0 Å². The third-order valence-corrected chi connectivity index (χ3v) is 3.73. The number of hydrogen-bond donors (Lipinski definition) is 0. The van der Waals surface area contributed by atoms with Gasteiger partial charge in [-0.3, -0.25) is 0 Å². The normalized spacial score (nSPS) is 45.8. The Morgan fingerprint density at radius 2 is 2.00 bits per heavy atom. The van der Waals surface area contributed by atoms with E-state index in [1.165, 1.54) is 32.5 Å². The van der Waals surface area contributed by atoms with Crippen LogP contribution in [-0.2, 0) is 0 Å². The van der Waals surface area contributed by atoms with Gasteiger partial charge in [0.15, 0.2) is 0 Å². The molecule has 2 aliphatic heterocycles. The van der Waals surface area contributed by atoms with E-state index >= 15 is 0 Å². The van der Waals surface area contributed by atoms with Crippen LogP contribution in [0.2, 0.25) is 0 Å². The lowest BCUT2D eigenvalue weighted by molar-refractivity contribution is 0.0870. The molecule has 2 saturated heterocycles. The van der Waals surface area contributed by atoms with Crippen molar-refractivity contribution in [1.82, 2.24) is 10.0 Å². The summed E-state index contributed by atoms with van der Waals surface area (Å²) in [5, 5.41) is 5.01. The maximum atomic E-state index is 2.52. The Kier molecular flexibility index (Phi) is 1.92. The highest BCUT2D eigenvalue weighted by Gasteiger charge is 2.45. The standard InChI is InChI=1S/C10H20N2/c1-9-6-4-5-7-11-8-12(11)10(9,2)3/h9H,4-8H2,1-3H3. The monoisotopic (exact) mass is 168 g/mol. The molecule has 0 bridgehead atoms. The van der Waals surface area contributed by atoms with E-state index in [1.807, 2.05) is 0 Å². The van der Waals surface area contributed by atoms with Crippen LogP contribution in [0.4, 0.5) is 0 Å². The Morgan fingerprint density at radius 1 is 1.25 bits per heavy atom. The average Bonchev–Trinajstić information content (AvgIpc) is 2.75. The van der Waals surface area contributed by atoms with Gasteiger partial charge in [-0.25, -0.2) is 10.0 Å². The third-order valence-electron chi connectivity index (χ3n) is 3.73. The summed E-state index contributed by atoms with van der Waals surface area (Å²) >= 11 is 0. The highest BCUT2D eigenvalue weighted by molar-refractivity contribution is 4.92. The molecule has 0 aromatic rings. The third kappa shape index (κ3) is 1.27. The second-order valence-electron chi connectivity index (χ2n) is 4.82. The molecule has 0 N–H and O–H groups in total. The Bertz CT molecular complexity index is 173. The number of hydrogen-bond acceptors (Lipinski definition) is 2. The van der Waals surface area contributed by atoms with Crippen LogP contribution in [-0.4, -0.2) is 28.8 Å². The molecule has 12 heavy (non-hydrogen) atoms. The summed E-state index contributed by atoms with van der Waals surface area (Å²) in [6, 6.07) is 0. The molecule has 3 atom stereocenters. The summed E-state index contributed by atoms with van der Waals surface area (Å²) in [5.41, 5.74) is 0.403. The van der Waals surface area contributed by atoms with E-state index in [-0.39, 0.29) is 0 Å². The first kappa shape index (κ1) is 8.52. The molecule has 0 aliphatic carbocycles. The van der Waals surface area contributed by atoms with Crippen molar-refractivity contribution in [2.45, 2.75) is 45.6 Å². The van der Waals surface area contributed by atoms with Crippen molar-refractivity contribution in [2.75, 3.05) is 13.2 Å². The fourth-order valence-corrected chi connectivity index (χ4v) is 2.22. The fraction of sp³-hybridized carbons (Fsp3) is 1.00. The van der Waals surface area contributed by atoms with Crippen molar-refractivity contribution in [2.24, 2.45) is 5.92 Å². The van der Waals surface area contributed by atoms with Gasteiger partial charge in [-0.1, -0.05) is 13.3 Å². The van der Waals surface area contributed by atoms with Gasteiger partial charge >= 0.3 is 0 Å². The van der Waals surface area contributed by atoms with Crippen LogP contribution in [0.3, 0.4) is 0 Å². The molecule has 3 unspecified atom stereocenters. The van der Waals surface area contributed by atoms with Crippen LogP contribution in [0.25, 0.3) is 0 Å². The molecule has 0 aromatic heterocycles. The number of hydrazine groups is 1. The molecule has 2 heteroatoms. The van der Waals surface area contributed by atoms with Crippen molar-refractivity contribution in [3.63, 3.8) is 0 Å². The van der Waals surface area contributed by atoms with Gasteiger partial charge in [0.1, 0.15) is 0 Å². The Labute approximate surface area is 75.5 Å². The molecule has 2 rings (SSSR count). The zero-order valence-corrected chi connectivity index (χ0v) is 8.51. The zero-order chi connectivity index (χ0) is 8.77. The van der Waals surface area contributed by atoms with E-state index in [9.17, 15) is 0 Å². The van der Waals surface area contributed by atoms with Crippen LogP contribution < -0.4 is 0 Å². The van der Waals surface area contributed by atoms with Crippen LogP contribution in [0, 0.1) is 5.92 Å². The molecule has 0 spiro atoms. The van der Waals surface area contributed by atoms with Gasteiger partial charge < -0.3 is 0 Å². The minimum absolute atomic E-state index is 0.403. The molecule has 2 fully saturated rings.